The standard InChI is InChI=1S/C17H19ClN2O/c1-11-14(5-7-16(18)20-11)19-10-12-4-6-15-13(8-12)9-17(2,3)21-15/h4-8,19H,9-10H2,1-3H3. The van der Waals surface area contributed by atoms with Crippen molar-refractivity contribution in [2.24, 2.45) is 0 Å². The van der Waals surface area contributed by atoms with Crippen molar-refractivity contribution >= 4 is 17.3 Å². The van der Waals surface area contributed by atoms with Gasteiger partial charge >= 0.3 is 0 Å². The number of rotatable bonds is 3. The Morgan fingerprint density at radius 3 is 2.86 bits per heavy atom. The van der Waals surface area contributed by atoms with Gasteiger partial charge in [-0.15, -0.1) is 0 Å². The maximum Gasteiger partial charge on any atom is 0.129 e. The van der Waals surface area contributed by atoms with Gasteiger partial charge in [0.1, 0.15) is 16.5 Å². The number of hydrogen-bond acceptors (Lipinski definition) is 3. The molecular weight excluding hydrogens is 284 g/mol. The van der Waals surface area contributed by atoms with Crippen LogP contribution in [0.4, 0.5) is 5.69 Å². The number of anilines is 1. The second-order valence-electron chi connectivity index (χ2n) is 6.10. The highest BCUT2D eigenvalue weighted by Crippen LogP contribution is 2.35. The molecular formula is C17H19ClN2O. The molecule has 0 saturated carbocycles. The van der Waals surface area contributed by atoms with Crippen LogP contribution in [0.3, 0.4) is 0 Å². The number of halogens is 1. The van der Waals surface area contributed by atoms with Crippen molar-refractivity contribution in [3.8, 4) is 5.75 Å². The SMILES string of the molecule is Cc1nc(Cl)ccc1NCc1ccc2c(c1)CC(C)(C)O2. The summed E-state index contributed by atoms with van der Waals surface area (Å²) < 4.78 is 5.90. The van der Waals surface area contributed by atoms with Crippen LogP contribution < -0.4 is 10.1 Å². The summed E-state index contributed by atoms with van der Waals surface area (Å²) in [5.41, 5.74) is 4.35. The van der Waals surface area contributed by atoms with Gasteiger partial charge in [0.2, 0.25) is 0 Å². The molecule has 3 nitrogen and oxygen atoms in total. The summed E-state index contributed by atoms with van der Waals surface area (Å²) in [5.74, 6) is 1.01. The van der Waals surface area contributed by atoms with E-state index in [1.54, 1.807) is 6.07 Å². The number of nitrogens with one attached hydrogen (secondary N) is 1. The number of aromatic nitrogens is 1. The van der Waals surface area contributed by atoms with Crippen LogP contribution in [-0.2, 0) is 13.0 Å². The van der Waals surface area contributed by atoms with Gasteiger partial charge < -0.3 is 10.1 Å². The quantitative estimate of drug-likeness (QED) is 0.855. The highest BCUT2D eigenvalue weighted by molar-refractivity contribution is 6.29. The second kappa shape index (κ2) is 5.23. The van der Waals surface area contributed by atoms with Crippen molar-refractivity contribution in [1.29, 1.82) is 0 Å². The molecule has 0 unspecified atom stereocenters. The third-order valence-corrected chi connectivity index (χ3v) is 3.87. The average molecular weight is 303 g/mol. The molecule has 0 fully saturated rings. The molecule has 0 amide bonds. The number of hydrogen-bond donors (Lipinski definition) is 1. The summed E-state index contributed by atoms with van der Waals surface area (Å²) in [6.07, 6.45) is 0.956. The van der Waals surface area contributed by atoms with Gasteiger partial charge in [-0.1, -0.05) is 23.7 Å². The van der Waals surface area contributed by atoms with Crippen molar-refractivity contribution in [2.75, 3.05) is 5.32 Å². The van der Waals surface area contributed by atoms with Gasteiger partial charge in [-0.3, -0.25) is 0 Å². The van der Waals surface area contributed by atoms with E-state index in [0.29, 0.717) is 5.15 Å². The molecule has 0 saturated heterocycles. The molecule has 1 aliphatic rings. The zero-order valence-electron chi connectivity index (χ0n) is 12.5. The van der Waals surface area contributed by atoms with Crippen LogP contribution in [0.25, 0.3) is 0 Å². The fourth-order valence-corrected chi connectivity index (χ4v) is 2.88. The first-order chi connectivity index (χ1) is 9.93. The topological polar surface area (TPSA) is 34.2 Å². The van der Waals surface area contributed by atoms with Gasteiger partial charge in [-0.2, -0.15) is 0 Å². The smallest absolute Gasteiger partial charge is 0.129 e. The van der Waals surface area contributed by atoms with Gasteiger partial charge in [-0.05, 0) is 50.1 Å². The van der Waals surface area contributed by atoms with Gasteiger partial charge in [0.05, 0.1) is 11.4 Å². The fourth-order valence-electron chi connectivity index (χ4n) is 2.69. The molecule has 21 heavy (non-hydrogen) atoms. The lowest BCUT2D eigenvalue weighted by molar-refractivity contribution is 0.138. The van der Waals surface area contributed by atoms with Crippen LogP contribution in [-0.4, -0.2) is 10.6 Å². The molecule has 3 rings (SSSR count). The Labute approximate surface area is 130 Å². The number of nitrogens with zero attached hydrogens (tertiary/aromatic N) is 1. The molecule has 1 aromatic heterocycles. The van der Waals surface area contributed by atoms with E-state index in [1.165, 1.54) is 11.1 Å². The van der Waals surface area contributed by atoms with Crippen LogP contribution in [0, 0.1) is 6.92 Å². The van der Waals surface area contributed by atoms with Crippen molar-refractivity contribution < 1.29 is 4.74 Å². The first-order valence-corrected chi connectivity index (χ1v) is 7.49. The molecule has 0 radical (unpaired) electrons. The van der Waals surface area contributed by atoms with Crippen molar-refractivity contribution in [1.82, 2.24) is 4.98 Å². The maximum atomic E-state index is 5.90. The van der Waals surface area contributed by atoms with Crippen LogP contribution >= 0.6 is 11.6 Å². The molecule has 1 aromatic carbocycles. The summed E-state index contributed by atoms with van der Waals surface area (Å²) in [6.45, 7) is 6.95. The van der Waals surface area contributed by atoms with E-state index in [2.05, 4.69) is 42.3 Å². The minimum absolute atomic E-state index is 0.0922. The Balaban J connectivity index is 1.72. The summed E-state index contributed by atoms with van der Waals surface area (Å²) >= 11 is 5.87. The lowest BCUT2D eigenvalue weighted by atomic mass is 10.0. The van der Waals surface area contributed by atoms with E-state index in [4.69, 9.17) is 16.3 Å². The Morgan fingerprint density at radius 1 is 1.29 bits per heavy atom. The molecule has 1 aliphatic heterocycles. The van der Waals surface area contributed by atoms with E-state index in [9.17, 15) is 0 Å². The average Bonchev–Trinajstić information content (AvgIpc) is 2.70. The van der Waals surface area contributed by atoms with Gasteiger partial charge in [0.15, 0.2) is 0 Å². The first-order valence-electron chi connectivity index (χ1n) is 7.11. The van der Waals surface area contributed by atoms with Crippen molar-refractivity contribution in [3.63, 3.8) is 0 Å². The zero-order chi connectivity index (χ0) is 15.0. The van der Waals surface area contributed by atoms with Gasteiger partial charge in [-0.25, -0.2) is 4.98 Å². The number of aryl methyl sites for hydroxylation is 1. The molecule has 1 N–H and O–H groups in total. The molecule has 0 aliphatic carbocycles. The minimum Gasteiger partial charge on any atom is -0.487 e. The normalized spacial score (nSPS) is 15.4. The lowest BCUT2D eigenvalue weighted by Gasteiger charge is -2.16. The fraction of sp³-hybridized carbons (Fsp3) is 0.353. The van der Waals surface area contributed by atoms with E-state index < -0.39 is 0 Å². The summed E-state index contributed by atoms with van der Waals surface area (Å²) in [7, 11) is 0. The molecule has 2 heterocycles. The highest BCUT2D eigenvalue weighted by atomic mass is 35.5. The van der Waals surface area contributed by atoms with Crippen molar-refractivity contribution in [3.05, 3.63) is 52.3 Å². The minimum atomic E-state index is -0.0922. The largest absolute Gasteiger partial charge is 0.487 e. The van der Waals surface area contributed by atoms with E-state index in [0.717, 1.165) is 30.1 Å². The molecule has 2 aromatic rings. The molecule has 0 bridgehead atoms. The first kappa shape index (κ1) is 14.2. The highest BCUT2D eigenvalue weighted by Gasteiger charge is 2.29. The van der Waals surface area contributed by atoms with Crippen LogP contribution in [0.15, 0.2) is 30.3 Å². The molecule has 110 valence electrons. The number of fused-ring (bicyclic) bond motifs is 1. The summed E-state index contributed by atoms with van der Waals surface area (Å²) in [6, 6.07) is 10.1. The predicted octanol–water partition coefficient (Wildman–Crippen LogP) is 4.37. The summed E-state index contributed by atoms with van der Waals surface area (Å²) in [5, 5.41) is 3.93. The van der Waals surface area contributed by atoms with Gasteiger partial charge in [0.25, 0.3) is 0 Å². The molecule has 0 spiro atoms. The third kappa shape index (κ3) is 3.13. The number of pyridine rings is 1. The van der Waals surface area contributed by atoms with E-state index in [1.807, 2.05) is 13.0 Å². The second-order valence-corrected chi connectivity index (χ2v) is 6.49. The van der Waals surface area contributed by atoms with E-state index in [-0.39, 0.29) is 5.60 Å². The third-order valence-electron chi connectivity index (χ3n) is 3.66. The molecule has 4 heteroatoms. The van der Waals surface area contributed by atoms with Gasteiger partial charge in [0, 0.05) is 13.0 Å². The Kier molecular flexibility index (Phi) is 3.54. The molecule has 0 atom stereocenters. The van der Waals surface area contributed by atoms with Crippen molar-refractivity contribution in [2.45, 2.75) is 39.3 Å². The predicted molar refractivity (Wildman–Crippen MR) is 86.2 cm³/mol. The monoisotopic (exact) mass is 302 g/mol. The number of benzene rings is 1. The number of ether oxygens (including phenoxy) is 1. The Morgan fingerprint density at radius 2 is 2.10 bits per heavy atom. The summed E-state index contributed by atoms with van der Waals surface area (Å²) in [4.78, 5) is 4.25. The Hall–Kier alpha value is -1.74. The lowest BCUT2D eigenvalue weighted by Crippen LogP contribution is -2.24. The maximum absolute atomic E-state index is 5.90. The zero-order valence-corrected chi connectivity index (χ0v) is 13.3. The van der Waals surface area contributed by atoms with Crippen LogP contribution in [0.1, 0.15) is 30.7 Å². The van der Waals surface area contributed by atoms with Crippen LogP contribution in [0.5, 0.6) is 5.75 Å². The van der Waals surface area contributed by atoms with Crippen LogP contribution in [0.2, 0.25) is 5.15 Å². The van der Waals surface area contributed by atoms with E-state index >= 15 is 0 Å². The Bertz CT molecular complexity index is 682.